The van der Waals surface area contributed by atoms with Gasteiger partial charge >= 0.3 is 0 Å². The summed E-state index contributed by atoms with van der Waals surface area (Å²) in [6.45, 7) is 2.52. The second-order valence-corrected chi connectivity index (χ2v) is 5.46. The maximum absolute atomic E-state index is 11.9. The summed E-state index contributed by atoms with van der Waals surface area (Å²) in [5, 5.41) is 2.93. The molecule has 116 valence electrons. The second kappa shape index (κ2) is 8.00. The molecule has 1 amide bonds. The van der Waals surface area contributed by atoms with E-state index in [1.54, 1.807) is 7.11 Å². The summed E-state index contributed by atoms with van der Waals surface area (Å²) in [7, 11) is 3.59. The average molecular weight is 292 g/mol. The highest BCUT2D eigenvalue weighted by Crippen LogP contribution is 2.14. The van der Waals surface area contributed by atoms with E-state index >= 15 is 0 Å². The number of nitrogens with zero attached hydrogens (tertiary/aromatic N) is 1. The summed E-state index contributed by atoms with van der Waals surface area (Å²) < 4.78 is 10.7. The number of likely N-dealkylation sites (N-methyl/N-ethyl adjacent to an activating group) is 1. The maximum atomic E-state index is 11.9. The number of amides is 1. The van der Waals surface area contributed by atoms with E-state index in [9.17, 15) is 4.79 Å². The number of carbonyl (C=O) groups excluding carboxylic acids is 1. The Morgan fingerprint density at radius 3 is 3.10 bits per heavy atom. The summed E-state index contributed by atoms with van der Waals surface area (Å²) in [6, 6.07) is 7.89. The maximum Gasteiger partial charge on any atom is 0.234 e. The van der Waals surface area contributed by atoms with Gasteiger partial charge < -0.3 is 14.8 Å². The first-order valence-electron chi connectivity index (χ1n) is 7.37. The lowest BCUT2D eigenvalue weighted by molar-refractivity contribution is -0.122. The van der Waals surface area contributed by atoms with Crippen LogP contribution in [0.5, 0.6) is 5.75 Å². The van der Waals surface area contributed by atoms with Gasteiger partial charge in [0.2, 0.25) is 5.91 Å². The molecule has 21 heavy (non-hydrogen) atoms. The molecule has 1 aromatic carbocycles. The fraction of sp³-hybridized carbons (Fsp3) is 0.562. The van der Waals surface area contributed by atoms with Gasteiger partial charge in [-0.15, -0.1) is 0 Å². The van der Waals surface area contributed by atoms with Gasteiger partial charge in [-0.3, -0.25) is 9.69 Å². The van der Waals surface area contributed by atoms with Crippen LogP contribution in [0.15, 0.2) is 24.3 Å². The first-order valence-corrected chi connectivity index (χ1v) is 7.37. The van der Waals surface area contributed by atoms with Crippen LogP contribution >= 0.6 is 0 Å². The van der Waals surface area contributed by atoms with Crippen molar-refractivity contribution in [1.29, 1.82) is 0 Å². The zero-order valence-electron chi connectivity index (χ0n) is 12.8. The summed E-state index contributed by atoms with van der Waals surface area (Å²) in [5.74, 6) is 0.875. The van der Waals surface area contributed by atoms with Gasteiger partial charge in [-0.2, -0.15) is 0 Å². The largest absolute Gasteiger partial charge is 0.497 e. The molecule has 5 nitrogen and oxygen atoms in total. The molecule has 5 heteroatoms. The van der Waals surface area contributed by atoms with Crippen LogP contribution in [0.1, 0.15) is 18.4 Å². The quantitative estimate of drug-likeness (QED) is 0.826. The van der Waals surface area contributed by atoms with Crippen LogP contribution < -0.4 is 10.1 Å². The third-order valence-corrected chi connectivity index (χ3v) is 3.55. The van der Waals surface area contributed by atoms with Crippen molar-refractivity contribution in [3.63, 3.8) is 0 Å². The van der Waals surface area contributed by atoms with Crippen molar-refractivity contribution in [1.82, 2.24) is 10.2 Å². The first-order chi connectivity index (χ1) is 10.2. The molecule has 2 rings (SSSR count). The Balaban J connectivity index is 1.72. The Labute approximate surface area is 126 Å². The number of methoxy groups -OCH3 is 1. The van der Waals surface area contributed by atoms with Gasteiger partial charge in [0, 0.05) is 19.7 Å². The molecule has 1 aliphatic heterocycles. The van der Waals surface area contributed by atoms with Crippen molar-refractivity contribution in [3.8, 4) is 5.75 Å². The van der Waals surface area contributed by atoms with Crippen LogP contribution in [-0.4, -0.2) is 50.8 Å². The van der Waals surface area contributed by atoms with Crippen molar-refractivity contribution >= 4 is 5.91 Å². The minimum atomic E-state index is 0.0379. The molecule has 0 aliphatic carbocycles. The van der Waals surface area contributed by atoms with Gasteiger partial charge in [0.25, 0.3) is 0 Å². The minimum absolute atomic E-state index is 0.0379. The number of ether oxygens (including phenoxy) is 2. The second-order valence-electron chi connectivity index (χ2n) is 5.46. The fourth-order valence-electron chi connectivity index (χ4n) is 2.47. The lowest BCUT2D eigenvalue weighted by Gasteiger charge is -2.17. The molecule has 1 heterocycles. The number of hydrogen-bond donors (Lipinski definition) is 1. The number of rotatable bonds is 7. The van der Waals surface area contributed by atoms with Gasteiger partial charge in [-0.05, 0) is 37.6 Å². The Bertz CT molecular complexity index is 459. The predicted octanol–water partition coefficient (Wildman–Crippen LogP) is 1.42. The fourth-order valence-corrected chi connectivity index (χ4v) is 2.47. The average Bonchev–Trinajstić information content (AvgIpc) is 2.98. The van der Waals surface area contributed by atoms with Crippen LogP contribution in [0.4, 0.5) is 0 Å². The third kappa shape index (κ3) is 5.36. The van der Waals surface area contributed by atoms with Gasteiger partial charge in [-0.25, -0.2) is 0 Å². The molecule has 0 radical (unpaired) electrons. The molecule has 1 aromatic rings. The van der Waals surface area contributed by atoms with Crippen molar-refractivity contribution in [2.45, 2.75) is 25.5 Å². The molecule has 1 saturated heterocycles. The lowest BCUT2D eigenvalue weighted by atomic mass is 10.2. The van der Waals surface area contributed by atoms with Gasteiger partial charge in [0.15, 0.2) is 0 Å². The van der Waals surface area contributed by atoms with Gasteiger partial charge in [-0.1, -0.05) is 12.1 Å². The summed E-state index contributed by atoms with van der Waals surface area (Å²) in [6.07, 6.45) is 2.33. The van der Waals surface area contributed by atoms with Crippen LogP contribution in [0.25, 0.3) is 0 Å². The summed E-state index contributed by atoms with van der Waals surface area (Å²) >= 11 is 0. The van der Waals surface area contributed by atoms with Crippen LogP contribution in [0.2, 0.25) is 0 Å². The zero-order chi connectivity index (χ0) is 15.1. The molecular formula is C16H24N2O3. The molecule has 0 saturated carbocycles. The molecule has 1 aliphatic rings. The van der Waals surface area contributed by atoms with Crippen molar-refractivity contribution < 1.29 is 14.3 Å². The molecule has 1 N–H and O–H groups in total. The highest BCUT2D eigenvalue weighted by molar-refractivity contribution is 5.78. The van der Waals surface area contributed by atoms with E-state index in [0.29, 0.717) is 19.6 Å². The predicted molar refractivity (Wildman–Crippen MR) is 81.3 cm³/mol. The Hall–Kier alpha value is -1.59. The van der Waals surface area contributed by atoms with Crippen molar-refractivity contribution in [2.24, 2.45) is 0 Å². The number of carbonyl (C=O) groups is 1. The minimum Gasteiger partial charge on any atom is -0.497 e. The van der Waals surface area contributed by atoms with Crippen LogP contribution in [-0.2, 0) is 16.1 Å². The lowest BCUT2D eigenvalue weighted by Crippen LogP contribution is -2.38. The van der Waals surface area contributed by atoms with E-state index in [0.717, 1.165) is 30.8 Å². The molecule has 1 atom stereocenters. The van der Waals surface area contributed by atoms with Crippen LogP contribution in [0, 0.1) is 0 Å². The smallest absolute Gasteiger partial charge is 0.234 e. The Morgan fingerprint density at radius 2 is 2.38 bits per heavy atom. The third-order valence-electron chi connectivity index (χ3n) is 3.55. The van der Waals surface area contributed by atoms with E-state index in [1.807, 2.05) is 36.2 Å². The number of benzene rings is 1. The molecule has 1 unspecified atom stereocenters. The van der Waals surface area contributed by atoms with Crippen molar-refractivity contribution in [2.75, 3.05) is 33.9 Å². The highest BCUT2D eigenvalue weighted by Gasteiger charge is 2.16. The molecule has 0 spiro atoms. The summed E-state index contributed by atoms with van der Waals surface area (Å²) in [4.78, 5) is 13.9. The Kier molecular flexibility index (Phi) is 6.02. The zero-order valence-corrected chi connectivity index (χ0v) is 12.8. The highest BCUT2D eigenvalue weighted by atomic mass is 16.5. The van der Waals surface area contributed by atoms with E-state index in [4.69, 9.17) is 9.47 Å². The summed E-state index contributed by atoms with van der Waals surface area (Å²) in [5.41, 5.74) is 1.13. The number of hydrogen-bond acceptors (Lipinski definition) is 4. The van der Waals surface area contributed by atoms with E-state index < -0.39 is 0 Å². The number of nitrogens with one attached hydrogen (secondary N) is 1. The van der Waals surface area contributed by atoms with Gasteiger partial charge in [0.05, 0.1) is 19.8 Å². The van der Waals surface area contributed by atoms with E-state index in [2.05, 4.69) is 5.32 Å². The normalized spacial score (nSPS) is 18.0. The van der Waals surface area contributed by atoms with Crippen LogP contribution in [0.3, 0.4) is 0 Å². The van der Waals surface area contributed by atoms with Crippen molar-refractivity contribution in [3.05, 3.63) is 29.8 Å². The van der Waals surface area contributed by atoms with Gasteiger partial charge in [0.1, 0.15) is 5.75 Å². The molecule has 1 fully saturated rings. The standard InChI is InChI=1S/C16H24N2O3/c1-18(11-13-5-3-6-14(9-13)20-2)12-16(19)17-10-15-7-4-8-21-15/h3,5-6,9,15H,4,7-8,10-12H2,1-2H3,(H,17,19). The monoisotopic (exact) mass is 292 g/mol. The topological polar surface area (TPSA) is 50.8 Å². The molecule has 0 aromatic heterocycles. The molecular weight excluding hydrogens is 268 g/mol. The SMILES string of the molecule is COc1cccc(CN(C)CC(=O)NCC2CCCO2)c1. The van der Waals surface area contributed by atoms with E-state index in [1.165, 1.54) is 0 Å². The van der Waals surface area contributed by atoms with E-state index in [-0.39, 0.29) is 12.0 Å². The first kappa shape index (κ1) is 15.8. The molecule has 0 bridgehead atoms. The Morgan fingerprint density at radius 1 is 1.52 bits per heavy atom.